The second kappa shape index (κ2) is 14.0. The Kier molecular flexibility index (Phi) is 12.3. The molecule has 2 N–H and O–H groups in total. The van der Waals surface area contributed by atoms with Gasteiger partial charge in [-0.25, -0.2) is 4.99 Å². The number of halogens is 1. The topological polar surface area (TPSA) is 48.9 Å². The normalized spacial score (nSPS) is 15.7. The molecule has 2 rings (SSSR count). The molecule has 0 aliphatic carbocycles. The molecule has 0 atom stereocenters. The van der Waals surface area contributed by atoms with Crippen LogP contribution in [0, 0.1) is 0 Å². The quantitative estimate of drug-likeness (QED) is 0.201. The van der Waals surface area contributed by atoms with Crippen molar-refractivity contribution in [2.75, 3.05) is 39.4 Å². The lowest BCUT2D eigenvalue weighted by Crippen LogP contribution is -2.37. The lowest BCUT2D eigenvalue weighted by molar-refractivity contribution is 0.0341. The van der Waals surface area contributed by atoms with Crippen molar-refractivity contribution in [1.29, 1.82) is 0 Å². The van der Waals surface area contributed by atoms with Gasteiger partial charge in [-0.05, 0) is 31.4 Å². The molecule has 1 saturated heterocycles. The van der Waals surface area contributed by atoms with Gasteiger partial charge in [0.25, 0.3) is 0 Å². The summed E-state index contributed by atoms with van der Waals surface area (Å²) in [4.78, 5) is 7.21. The van der Waals surface area contributed by atoms with E-state index in [0.29, 0.717) is 6.54 Å². The Bertz CT molecular complexity index is 556. The van der Waals surface area contributed by atoms with E-state index in [1.54, 1.807) is 0 Å². The number of nitrogens with zero attached hydrogens (tertiary/aromatic N) is 2. The van der Waals surface area contributed by atoms with E-state index in [1.807, 2.05) is 6.92 Å². The number of morpholine rings is 1. The lowest BCUT2D eigenvalue weighted by Gasteiger charge is -2.27. The van der Waals surface area contributed by atoms with Crippen LogP contribution < -0.4 is 10.6 Å². The monoisotopic (exact) mass is 472 g/mol. The first-order valence-electron chi connectivity index (χ1n) is 9.33. The van der Waals surface area contributed by atoms with Crippen molar-refractivity contribution in [1.82, 2.24) is 15.5 Å². The highest BCUT2D eigenvalue weighted by atomic mass is 127. The molecule has 0 aromatic heterocycles. The SMILES string of the molecule is CC=CCCNC(=NCc1ccccc1CN1CCOCC1)NCC.I. The summed E-state index contributed by atoms with van der Waals surface area (Å²) in [5.74, 6) is 0.883. The first-order valence-corrected chi connectivity index (χ1v) is 9.33. The third-order valence-corrected chi connectivity index (χ3v) is 4.21. The van der Waals surface area contributed by atoms with Gasteiger partial charge >= 0.3 is 0 Å². The van der Waals surface area contributed by atoms with Crippen LogP contribution in [0.2, 0.25) is 0 Å². The highest BCUT2D eigenvalue weighted by Gasteiger charge is 2.12. The second-order valence-electron chi connectivity index (χ2n) is 6.14. The number of hydrogen-bond acceptors (Lipinski definition) is 3. The molecular formula is C20H33IN4O. The van der Waals surface area contributed by atoms with Gasteiger partial charge in [-0.1, -0.05) is 36.4 Å². The summed E-state index contributed by atoms with van der Waals surface area (Å²) in [5, 5.41) is 6.71. The highest BCUT2D eigenvalue weighted by molar-refractivity contribution is 14.0. The molecule has 5 nitrogen and oxygen atoms in total. The number of hydrogen-bond donors (Lipinski definition) is 2. The van der Waals surface area contributed by atoms with Crippen LogP contribution >= 0.6 is 24.0 Å². The van der Waals surface area contributed by atoms with Gasteiger partial charge in [0.1, 0.15) is 0 Å². The first-order chi connectivity index (χ1) is 12.3. The molecule has 0 bridgehead atoms. The Hall–Kier alpha value is -1.12. The molecule has 0 unspecified atom stereocenters. The molecule has 146 valence electrons. The molecule has 0 amide bonds. The minimum absolute atomic E-state index is 0. The van der Waals surface area contributed by atoms with E-state index in [-0.39, 0.29) is 24.0 Å². The van der Waals surface area contributed by atoms with Crippen LogP contribution in [0.15, 0.2) is 41.4 Å². The zero-order valence-corrected chi connectivity index (χ0v) is 18.4. The number of nitrogens with one attached hydrogen (secondary N) is 2. The molecule has 0 spiro atoms. The Morgan fingerprint density at radius 3 is 2.62 bits per heavy atom. The predicted octanol–water partition coefficient (Wildman–Crippen LogP) is 3.16. The fourth-order valence-corrected chi connectivity index (χ4v) is 2.81. The minimum Gasteiger partial charge on any atom is -0.379 e. The fraction of sp³-hybridized carbons (Fsp3) is 0.550. The molecule has 1 aromatic carbocycles. The standard InChI is InChI=1S/C20H32N4O.HI/c1-3-5-8-11-22-20(21-4-2)23-16-18-9-6-7-10-19(18)17-24-12-14-25-15-13-24;/h3,5-7,9-10H,4,8,11-17H2,1-2H3,(H2,21,22,23);1H. The van der Waals surface area contributed by atoms with Gasteiger partial charge in [0.05, 0.1) is 19.8 Å². The van der Waals surface area contributed by atoms with E-state index in [4.69, 9.17) is 9.73 Å². The molecule has 1 aliphatic heterocycles. The largest absolute Gasteiger partial charge is 0.379 e. The maximum Gasteiger partial charge on any atom is 0.191 e. The number of aliphatic imine (C=N–C) groups is 1. The summed E-state index contributed by atoms with van der Waals surface area (Å²) < 4.78 is 5.44. The predicted molar refractivity (Wildman–Crippen MR) is 120 cm³/mol. The van der Waals surface area contributed by atoms with Gasteiger partial charge in [0.2, 0.25) is 0 Å². The average molecular weight is 472 g/mol. The van der Waals surface area contributed by atoms with Gasteiger partial charge in [-0.15, -0.1) is 24.0 Å². The number of ether oxygens (including phenoxy) is 1. The van der Waals surface area contributed by atoms with Crippen molar-refractivity contribution in [3.8, 4) is 0 Å². The Morgan fingerprint density at radius 2 is 1.92 bits per heavy atom. The summed E-state index contributed by atoms with van der Waals surface area (Å²) in [6.45, 7) is 11.2. The summed E-state index contributed by atoms with van der Waals surface area (Å²) in [7, 11) is 0. The minimum atomic E-state index is 0. The van der Waals surface area contributed by atoms with Crippen LogP contribution in [0.4, 0.5) is 0 Å². The fourth-order valence-electron chi connectivity index (χ4n) is 2.81. The van der Waals surface area contributed by atoms with Crippen molar-refractivity contribution in [3.05, 3.63) is 47.5 Å². The second-order valence-corrected chi connectivity index (χ2v) is 6.14. The van der Waals surface area contributed by atoms with E-state index in [9.17, 15) is 0 Å². The van der Waals surface area contributed by atoms with E-state index in [0.717, 1.165) is 58.3 Å². The Morgan fingerprint density at radius 1 is 1.19 bits per heavy atom. The van der Waals surface area contributed by atoms with Crippen LogP contribution in [0.1, 0.15) is 31.4 Å². The van der Waals surface area contributed by atoms with Gasteiger partial charge in [-0.2, -0.15) is 0 Å². The molecule has 0 saturated carbocycles. The van der Waals surface area contributed by atoms with Crippen LogP contribution in [-0.4, -0.2) is 50.3 Å². The Labute approximate surface area is 175 Å². The van der Waals surface area contributed by atoms with Crippen molar-refractivity contribution < 1.29 is 4.74 Å². The highest BCUT2D eigenvalue weighted by Crippen LogP contribution is 2.14. The van der Waals surface area contributed by atoms with Gasteiger partial charge in [0.15, 0.2) is 5.96 Å². The molecule has 0 radical (unpaired) electrons. The molecular weight excluding hydrogens is 439 g/mol. The zero-order chi connectivity index (χ0) is 17.7. The van der Waals surface area contributed by atoms with E-state index in [1.165, 1.54) is 11.1 Å². The maximum absolute atomic E-state index is 5.44. The summed E-state index contributed by atoms with van der Waals surface area (Å²) in [5.41, 5.74) is 2.65. The third-order valence-electron chi connectivity index (χ3n) is 4.21. The molecule has 1 aromatic rings. The molecule has 1 fully saturated rings. The first kappa shape index (κ1) is 22.9. The van der Waals surface area contributed by atoms with Crippen molar-refractivity contribution >= 4 is 29.9 Å². The lowest BCUT2D eigenvalue weighted by atomic mass is 10.1. The average Bonchev–Trinajstić information content (AvgIpc) is 2.65. The van der Waals surface area contributed by atoms with Gasteiger partial charge in [-0.3, -0.25) is 4.90 Å². The van der Waals surface area contributed by atoms with Crippen LogP contribution in [0.3, 0.4) is 0 Å². The molecule has 26 heavy (non-hydrogen) atoms. The van der Waals surface area contributed by atoms with Crippen LogP contribution in [0.25, 0.3) is 0 Å². The third kappa shape index (κ3) is 8.51. The number of rotatable bonds is 8. The van der Waals surface area contributed by atoms with Crippen LogP contribution in [-0.2, 0) is 17.8 Å². The van der Waals surface area contributed by atoms with Gasteiger partial charge in [0, 0.05) is 32.7 Å². The van der Waals surface area contributed by atoms with Gasteiger partial charge < -0.3 is 15.4 Å². The smallest absolute Gasteiger partial charge is 0.191 e. The van der Waals surface area contributed by atoms with E-state index < -0.39 is 0 Å². The molecule has 6 heteroatoms. The summed E-state index contributed by atoms with van der Waals surface area (Å²) in [6.07, 6.45) is 5.25. The number of benzene rings is 1. The van der Waals surface area contributed by atoms with E-state index in [2.05, 4.69) is 58.9 Å². The molecule has 1 aliphatic rings. The zero-order valence-electron chi connectivity index (χ0n) is 16.0. The molecule has 1 heterocycles. The van der Waals surface area contributed by atoms with Crippen molar-refractivity contribution in [3.63, 3.8) is 0 Å². The Balaban J connectivity index is 0.00000338. The summed E-state index contributed by atoms with van der Waals surface area (Å²) in [6, 6.07) is 8.61. The van der Waals surface area contributed by atoms with E-state index >= 15 is 0 Å². The maximum atomic E-state index is 5.44. The van der Waals surface area contributed by atoms with Crippen LogP contribution in [0.5, 0.6) is 0 Å². The number of allylic oxidation sites excluding steroid dienone is 1. The van der Waals surface area contributed by atoms with Crippen molar-refractivity contribution in [2.24, 2.45) is 4.99 Å². The van der Waals surface area contributed by atoms with Crippen molar-refractivity contribution in [2.45, 2.75) is 33.4 Å². The number of guanidine groups is 1. The summed E-state index contributed by atoms with van der Waals surface area (Å²) >= 11 is 0.